The van der Waals surface area contributed by atoms with Gasteiger partial charge in [0.2, 0.25) is 5.88 Å². The van der Waals surface area contributed by atoms with E-state index in [4.69, 9.17) is 9.84 Å². The molecular formula is C9H11FNNaO3. The van der Waals surface area contributed by atoms with Gasteiger partial charge in [0.05, 0.1) is 18.8 Å². The van der Waals surface area contributed by atoms with Crippen molar-refractivity contribution >= 4 is 35.5 Å². The Labute approximate surface area is 109 Å². The third-order valence-electron chi connectivity index (χ3n) is 1.51. The number of pyridine rings is 1. The van der Waals surface area contributed by atoms with Crippen LogP contribution < -0.4 is 4.74 Å². The monoisotopic (exact) mass is 223 g/mol. The minimum atomic E-state index is -1.03. The molecule has 15 heavy (non-hydrogen) atoms. The first-order valence-corrected chi connectivity index (χ1v) is 4.12. The normalized spacial score (nSPS) is 9.13. The van der Waals surface area contributed by atoms with E-state index < -0.39 is 12.6 Å². The van der Waals surface area contributed by atoms with Gasteiger partial charge >= 0.3 is 35.5 Å². The van der Waals surface area contributed by atoms with Gasteiger partial charge in [0.15, 0.2) is 0 Å². The van der Waals surface area contributed by atoms with Gasteiger partial charge in [0, 0.05) is 18.7 Å². The van der Waals surface area contributed by atoms with Crippen molar-refractivity contribution in [2.24, 2.45) is 0 Å². The fourth-order valence-electron chi connectivity index (χ4n) is 0.823. The fourth-order valence-corrected chi connectivity index (χ4v) is 0.823. The van der Waals surface area contributed by atoms with Gasteiger partial charge in [-0.3, -0.25) is 4.39 Å². The van der Waals surface area contributed by atoms with Crippen molar-refractivity contribution in [3.63, 3.8) is 0 Å². The maximum absolute atomic E-state index is 11.7. The molecule has 0 fully saturated rings. The van der Waals surface area contributed by atoms with Crippen LogP contribution in [0.5, 0.6) is 5.88 Å². The quantitative estimate of drug-likeness (QED) is 0.594. The van der Waals surface area contributed by atoms with Gasteiger partial charge < -0.3 is 9.84 Å². The molecule has 1 heterocycles. The molecule has 0 unspecified atom stereocenters. The van der Waals surface area contributed by atoms with Crippen LogP contribution in [0.3, 0.4) is 0 Å². The van der Waals surface area contributed by atoms with E-state index in [2.05, 4.69) is 4.98 Å². The van der Waals surface area contributed by atoms with Crippen LogP contribution in [-0.4, -0.2) is 58.9 Å². The zero-order valence-corrected chi connectivity index (χ0v) is 7.44. The minimum absolute atomic E-state index is 0. The number of carboxylic acid groups (broad SMARTS) is 1. The van der Waals surface area contributed by atoms with E-state index in [0.29, 0.717) is 12.3 Å². The number of nitrogens with zero attached hydrogens (tertiary/aromatic N) is 1. The number of halogens is 1. The van der Waals surface area contributed by atoms with E-state index in [9.17, 15) is 9.18 Å². The molecule has 1 aromatic rings. The zero-order chi connectivity index (χ0) is 10.4. The average Bonchev–Trinajstić information content (AvgIpc) is 2.19. The number of rotatable bonds is 5. The molecule has 0 aliphatic heterocycles. The van der Waals surface area contributed by atoms with Gasteiger partial charge in [-0.25, -0.2) is 9.78 Å². The van der Waals surface area contributed by atoms with Gasteiger partial charge in [0.25, 0.3) is 0 Å². The zero-order valence-electron chi connectivity index (χ0n) is 7.44. The third-order valence-corrected chi connectivity index (χ3v) is 1.51. The molecule has 0 aliphatic rings. The summed E-state index contributed by atoms with van der Waals surface area (Å²) >= 11 is 0. The first-order valence-electron chi connectivity index (χ1n) is 4.12. The molecular weight excluding hydrogens is 212 g/mol. The Bertz CT molecular complexity index is 305. The van der Waals surface area contributed by atoms with E-state index in [1.807, 2.05) is 0 Å². The van der Waals surface area contributed by atoms with Crippen LogP contribution in [0, 0.1) is 0 Å². The second kappa shape index (κ2) is 7.62. The Morgan fingerprint density at radius 1 is 1.53 bits per heavy atom. The fraction of sp³-hybridized carbons (Fsp3) is 0.333. The van der Waals surface area contributed by atoms with Crippen molar-refractivity contribution in [1.29, 1.82) is 0 Å². The van der Waals surface area contributed by atoms with Gasteiger partial charge in [-0.15, -0.1) is 0 Å². The summed E-state index contributed by atoms with van der Waals surface area (Å²) in [6, 6.07) is 2.84. The molecule has 1 rings (SSSR count). The van der Waals surface area contributed by atoms with Crippen molar-refractivity contribution in [3.8, 4) is 5.88 Å². The van der Waals surface area contributed by atoms with Crippen LogP contribution in [0.4, 0.5) is 4.39 Å². The molecule has 0 saturated carbocycles. The first kappa shape index (κ1) is 14.3. The molecule has 0 amide bonds. The van der Waals surface area contributed by atoms with Crippen molar-refractivity contribution in [2.75, 3.05) is 13.3 Å². The number of hydrogen-bond acceptors (Lipinski definition) is 3. The van der Waals surface area contributed by atoms with E-state index in [1.165, 1.54) is 18.3 Å². The Morgan fingerprint density at radius 2 is 2.27 bits per heavy atom. The number of hydrogen-bond donors (Lipinski definition) is 1. The summed E-state index contributed by atoms with van der Waals surface area (Å²) in [4.78, 5) is 14.2. The molecule has 0 aliphatic carbocycles. The Hall–Kier alpha value is -0.650. The molecule has 1 aromatic heterocycles. The van der Waals surface area contributed by atoms with Crippen LogP contribution in [0.1, 0.15) is 16.8 Å². The standard InChI is InChI=1S/C9H10FNO3.Na.H/c10-4-1-5-14-8-3-2-7(6-11-8)9(12)13;;/h2-3,6H,1,4-5H2,(H,12,13);;. The van der Waals surface area contributed by atoms with Crippen molar-refractivity contribution in [3.05, 3.63) is 23.9 Å². The second-order valence-corrected chi connectivity index (χ2v) is 2.58. The van der Waals surface area contributed by atoms with Crippen molar-refractivity contribution in [1.82, 2.24) is 4.98 Å². The molecule has 0 spiro atoms. The van der Waals surface area contributed by atoms with Crippen LogP contribution >= 0.6 is 0 Å². The molecule has 0 bridgehead atoms. The summed E-state index contributed by atoms with van der Waals surface area (Å²) in [5.74, 6) is -0.726. The summed E-state index contributed by atoms with van der Waals surface area (Å²) in [5.41, 5.74) is 0.0999. The number of aromatic carboxylic acids is 1. The molecule has 6 heteroatoms. The number of carbonyl (C=O) groups is 1. The summed E-state index contributed by atoms with van der Waals surface area (Å²) in [6.45, 7) is -0.191. The predicted molar refractivity (Wildman–Crippen MR) is 54.4 cm³/mol. The summed E-state index contributed by atoms with van der Waals surface area (Å²) in [6.07, 6.45) is 1.51. The van der Waals surface area contributed by atoms with Gasteiger partial charge in [0.1, 0.15) is 0 Å². The van der Waals surface area contributed by atoms with Gasteiger partial charge in [-0.05, 0) is 6.07 Å². The Balaban J connectivity index is 0.00000196. The van der Waals surface area contributed by atoms with Gasteiger partial charge in [-0.1, -0.05) is 0 Å². The Morgan fingerprint density at radius 3 is 2.73 bits per heavy atom. The van der Waals surface area contributed by atoms with Crippen molar-refractivity contribution < 1.29 is 19.0 Å². The topological polar surface area (TPSA) is 59.4 Å². The van der Waals surface area contributed by atoms with Crippen LogP contribution in [0.25, 0.3) is 0 Å². The predicted octanol–water partition coefficient (Wildman–Crippen LogP) is 0.870. The molecule has 0 atom stereocenters. The third kappa shape index (κ3) is 5.11. The maximum atomic E-state index is 11.7. The van der Waals surface area contributed by atoms with E-state index in [1.54, 1.807) is 0 Å². The van der Waals surface area contributed by atoms with Gasteiger partial charge in [-0.2, -0.15) is 0 Å². The first-order chi connectivity index (χ1) is 6.74. The molecule has 0 radical (unpaired) electrons. The Kier molecular flexibility index (Phi) is 7.29. The van der Waals surface area contributed by atoms with E-state index in [-0.39, 0.29) is 41.7 Å². The van der Waals surface area contributed by atoms with E-state index in [0.717, 1.165) is 0 Å². The van der Waals surface area contributed by atoms with Crippen molar-refractivity contribution in [2.45, 2.75) is 6.42 Å². The number of alkyl halides is 1. The summed E-state index contributed by atoms with van der Waals surface area (Å²) in [5, 5.41) is 8.56. The number of ether oxygens (including phenoxy) is 1. The van der Waals surface area contributed by atoms with E-state index >= 15 is 0 Å². The second-order valence-electron chi connectivity index (χ2n) is 2.58. The molecule has 78 valence electrons. The van der Waals surface area contributed by atoms with Crippen LogP contribution in [0.15, 0.2) is 18.3 Å². The summed E-state index contributed by atoms with van der Waals surface area (Å²) < 4.78 is 16.7. The summed E-state index contributed by atoms with van der Waals surface area (Å²) in [7, 11) is 0. The number of aromatic nitrogens is 1. The number of carboxylic acids is 1. The average molecular weight is 223 g/mol. The van der Waals surface area contributed by atoms with Crippen LogP contribution in [0.2, 0.25) is 0 Å². The molecule has 4 nitrogen and oxygen atoms in total. The van der Waals surface area contributed by atoms with Crippen LogP contribution in [-0.2, 0) is 0 Å². The molecule has 1 N–H and O–H groups in total. The molecule has 0 aromatic carbocycles. The molecule has 0 saturated heterocycles. The SMILES string of the molecule is O=C(O)c1ccc(OCCCF)nc1.[NaH].